The van der Waals surface area contributed by atoms with E-state index in [0.717, 1.165) is 11.3 Å². The summed E-state index contributed by atoms with van der Waals surface area (Å²) in [6.07, 6.45) is 1.06. The van der Waals surface area contributed by atoms with Crippen LogP contribution in [0.25, 0.3) is 0 Å². The Morgan fingerprint density at radius 2 is 1.94 bits per heavy atom. The van der Waals surface area contributed by atoms with Gasteiger partial charge in [0.05, 0.1) is 6.61 Å². The van der Waals surface area contributed by atoms with E-state index >= 15 is 0 Å². The van der Waals surface area contributed by atoms with Crippen molar-refractivity contribution < 1.29 is 14.3 Å². The smallest absolute Gasteiger partial charge is 0.306 e. The molecule has 0 radical (unpaired) electrons. The lowest BCUT2D eigenvalue weighted by molar-refractivity contribution is -0.145. The summed E-state index contributed by atoms with van der Waals surface area (Å²) in [4.78, 5) is 11.3. The maximum Gasteiger partial charge on any atom is 0.306 e. The number of aryl methyl sites for hydroxylation is 1. The minimum Gasteiger partial charge on any atom is -0.463 e. The van der Waals surface area contributed by atoms with E-state index in [2.05, 4.69) is 0 Å². The largest absolute Gasteiger partial charge is 0.463 e. The Morgan fingerprint density at radius 1 is 1.24 bits per heavy atom. The summed E-state index contributed by atoms with van der Waals surface area (Å²) in [5.41, 5.74) is 7.39. The van der Waals surface area contributed by atoms with Crippen LogP contribution in [0.5, 0.6) is 0 Å². The molecule has 1 aromatic rings. The monoisotopic (exact) mass is 237 g/mol. The third-order valence-corrected chi connectivity index (χ3v) is 2.29. The van der Waals surface area contributed by atoms with E-state index in [0.29, 0.717) is 32.7 Å². The van der Waals surface area contributed by atoms with Crippen LogP contribution in [0.1, 0.15) is 18.9 Å². The van der Waals surface area contributed by atoms with E-state index in [1.807, 2.05) is 31.2 Å². The lowest BCUT2D eigenvalue weighted by atomic mass is 10.1. The van der Waals surface area contributed by atoms with E-state index in [4.69, 9.17) is 15.2 Å². The first-order chi connectivity index (χ1) is 8.22. The Labute approximate surface area is 102 Å². The van der Waals surface area contributed by atoms with E-state index in [1.54, 1.807) is 0 Å². The van der Waals surface area contributed by atoms with Crippen LogP contribution in [0.3, 0.4) is 0 Å². The van der Waals surface area contributed by atoms with E-state index in [1.165, 1.54) is 0 Å². The normalized spacial score (nSPS) is 10.2. The van der Waals surface area contributed by atoms with Crippen LogP contribution in [0.2, 0.25) is 0 Å². The highest BCUT2D eigenvalue weighted by molar-refractivity contribution is 5.69. The molecule has 2 N–H and O–H groups in total. The first-order valence-electron chi connectivity index (χ1n) is 5.80. The maximum absolute atomic E-state index is 11.3. The van der Waals surface area contributed by atoms with Crippen LogP contribution < -0.4 is 5.73 Å². The predicted molar refractivity (Wildman–Crippen MR) is 66.6 cm³/mol. The minimum absolute atomic E-state index is 0.193. The summed E-state index contributed by atoms with van der Waals surface area (Å²) < 4.78 is 10.1. The van der Waals surface area contributed by atoms with Gasteiger partial charge >= 0.3 is 5.97 Å². The summed E-state index contributed by atoms with van der Waals surface area (Å²) in [5, 5.41) is 0. The number of carbonyl (C=O) groups excluding carboxylic acids is 1. The highest BCUT2D eigenvalue weighted by Gasteiger charge is 2.03. The SMILES string of the molecule is CCOCCOC(=O)CCc1ccc(N)cc1. The van der Waals surface area contributed by atoms with Crippen molar-refractivity contribution in [2.24, 2.45) is 0 Å². The Bertz CT molecular complexity index is 335. The highest BCUT2D eigenvalue weighted by Crippen LogP contribution is 2.07. The summed E-state index contributed by atoms with van der Waals surface area (Å²) >= 11 is 0. The quantitative estimate of drug-likeness (QED) is 0.446. The number of hydrogen-bond donors (Lipinski definition) is 1. The molecule has 0 aliphatic carbocycles. The summed E-state index contributed by atoms with van der Waals surface area (Å²) in [6, 6.07) is 7.50. The van der Waals surface area contributed by atoms with Crippen molar-refractivity contribution in [2.45, 2.75) is 19.8 Å². The van der Waals surface area contributed by atoms with Gasteiger partial charge in [-0.2, -0.15) is 0 Å². The van der Waals surface area contributed by atoms with E-state index < -0.39 is 0 Å². The molecule has 0 unspecified atom stereocenters. The van der Waals surface area contributed by atoms with Crippen LogP contribution in [0.4, 0.5) is 5.69 Å². The van der Waals surface area contributed by atoms with Crippen LogP contribution in [-0.2, 0) is 20.7 Å². The second-order valence-corrected chi connectivity index (χ2v) is 3.66. The fourth-order valence-electron chi connectivity index (χ4n) is 1.36. The van der Waals surface area contributed by atoms with Gasteiger partial charge in [0.1, 0.15) is 6.61 Å². The Morgan fingerprint density at radius 3 is 2.59 bits per heavy atom. The molecule has 1 rings (SSSR count). The molecule has 17 heavy (non-hydrogen) atoms. The molecule has 94 valence electrons. The number of nitrogen functional groups attached to an aromatic ring is 1. The van der Waals surface area contributed by atoms with Gasteiger partial charge in [-0.15, -0.1) is 0 Å². The average Bonchev–Trinajstić information content (AvgIpc) is 2.34. The van der Waals surface area contributed by atoms with Crippen molar-refractivity contribution >= 4 is 11.7 Å². The number of carbonyl (C=O) groups is 1. The molecule has 4 nitrogen and oxygen atoms in total. The summed E-state index contributed by atoms with van der Waals surface area (Å²) in [7, 11) is 0. The molecule has 0 aliphatic heterocycles. The standard InChI is InChI=1S/C13H19NO3/c1-2-16-9-10-17-13(15)8-5-11-3-6-12(14)7-4-11/h3-4,6-7H,2,5,8-10,14H2,1H3. The summed E-state index contributed by atoms with van der Waals surface area (Å²) in [5.74, 6) is -0.193. The molecular formula is C13H19NO3. The third-order valence-electron chi connectivity index (χ3n) is 2.29. The number of benzene rings is 1. The van der Waals surface area contributed by atoms with Crippen molar-refractivity contribution in [3.8, 4) is 0 Å². The van der Waals surface area contributed by atoms with Crippen molar-refractivity contribution in [3.63, 3.8) is 0 Å². The van der Waals surface area contributed by atoms with Gasteiger partial charge in [0.25, 0.3) is 0 Å². The molecule has 0 atom stereocenters. The van der Waals surface area contributed by atoms with E-state index in [9.17, 15) is 4.79 Å². The molecule has 0 aliphatic rings. The number of rotatable bonds is 7. The molecule has 4 heteroatoms. The fraction of sp³-hybridized carbons (Fsp3) is 0.462. The Hall–Kier alpha value is -1.55. The fourth-order valence-corrected chi connectivity index (χ4v) is 1.36. The van der Waals surface area contributed by atoms with Crippen LogP contribution in [-0.4, -0.2) is 25.8 Å². The minimum atomic E-state index is -0.193. The van der Waals surface area contributed by atoms with E-state index in [-0.39, 0.29) is 5.97 Å². The predicted octanol–water partition coefficient (Wildman–Crippen LogP) is 1.78. The average molecular weight is 237 g/mol. The molecule has 0 fully saturated rings. The second kappa shape index (κ2) is 7.68. The van der Waals surface area contributed by atoms with Gasteiger partial charge in [0.15, 0.2) is 0 Å². The lowest BCUT2D eigenvalue weighted by Gasteiger charge is -2.05. The molecule has 0 saturated heterocycles. The number of ether oxygens (including phenoxy) is 2. The van der Waals surface area contributed by atoms with Crippen molar-refractivity contribution in [1.29, 1.82) is 0 Å². The zero-order valence-corrected chi connectivity index (χ0v) is 10.1. The second-order valence-electron chi connectivity index (χ2n) is 3.66. The zero-order chi connectivity index (χ0) is 12.5. The van der Waals surface area contributed by atoms with Gasteiger partial charge in [-0.25, -0.2) is 0 Å². The molecule has 0 bridgehead atoms. The molecule has 0 aromatic heterocycles. The molecule has 0 saturated carbocycles. The lowest BCUT2D eigenvalue weighted by Crippen LogP contribution is -2.11. The van der Waals surface area contributed by atoms with Crippen molar-refractivity contribution in [2.75, 3.05) is 25.6 Å². The van der Waals surface area contributed by atoms with Crippen LogP contribution in [0.15, 0.2) is 24.3 Å². The number of anilines is 1. The van der Waals surface area contributed by atoms with Crippen LogP contribution in [0, 0.1) is 0 Å². The number of esters is 1. The zero-order valence-electron chi connectivity index (χ0n) is 10.1. The molecule has 0 spiro atoms. The Balaban J connectivity index is 2.17. The van der Waals surface area contributed by atoms with Gasteiger partial charge in [0, 0.05) is 18.7 Å². The molecule has 0 heterocycles. The first-order valence-corrected chi connectivity index (χ1v) is 5.80. The first kappa shape index (κ1) is 13.5. The third kappa shape index (κ3) is 5.92. The van der Waals surface area contributed by atoms with Crippen LogP contribution >= 0.6 is 0 Å². The van der Waals surface area contributed by atoms with Crippen molar-refractivity contribution in [3.05, 3.63) is 29.8 Å². The van der Waals surface area contributed by atoms with Crippen molar-refractivity contribution in [1.82, 2.24) is 0 Å². The van der Waals surface area contributed by atoms with Gasteiger partial charge < -0.3 is 15.2 Å². The highest BCUT2D eigenvalue weighted by atomic mass is 16.6. The topological polar surface area (TPSA) is 61.5 Å². The summed E-state index contributed by atoms with van der Waals surface area (Å²) in [6.45, 7) is 3.34. The van der Waals surface area contributed by atoms with Gasteiger partial charge in [0.2, 0.25) is 0 Å². The van der Waals surface area contributed by atoms with Gasteiger partial charge in [-0.1, -0.05) is 12.1 Å². The maximum atomic E-state index is 11.3. The Kier molecular flexibility index (Phi) is 6.10. The molecule has 0 amide bonds. The molecule has 1 aromatic carbocycles. The molecular weight excluding hydrogens is 218 g/mol. The van der Waals surface area contributed by atoms with Gasteiger partial charge in [-0.05, 0) is 31.0 Å². The number of nitrogens with two attached hydrogens (primary N) is 1. The van der Waals surface area contributed by atoms with Gasteiger partial charge in [-0.3, -0.25) is 4.79 Å². The number of hydrogen-bond acceptors (Lipinski definition) is 4.